The summed E-state index contributed by atoms with van der Waals surface area (Å²) >= 11 is 0. The number of fused-ring (bicyclic) bond motifs is 1. The lowest BCUT2D eigenvalue weighted by Crippen LogP contribution is -2.23. The SMILES string of the molecule is Cc1cccc(-n2ncc3c(F)cc(NC(=O)[C@@H](C)CO)cc32)c1. The fraction of sp³-hybridized carbons (Fsp3) is 0.222. The van der Waals surface area contributed by atoms with E-state index >= 15 is 0 Å². The van der Waals surface area contributed by atoms with E-state index in [2.05, 4.69) is 10.4 Å². The van der Waals surface area contributed by atoms with E-state index in [1.165, 1.54) is 12.3 Å². The molecule has 0 aliphatic carbocycles. The standard InChI is InChI=1S/C18H18FN3O2/c1-11-4-3-5-14(6-11)22-17-8-13(21-18(24)12(2)10-23)7-16(19)15(17)9-20-22/h3-9,12,23H,10H2,1-2H3,(H,21,24)/t12-/m0/s1. The number of anilines is 1. The van der Waals surface area contributed by atoms with Crippen LogP contribution in [-0.2, 0) is 4.79 Å². The Morgan fingerprint density at radius 1 is 1.38 bits per heavy atom. The van der Waals surface area contributed by atoms with E-state index < -0.39 is 11.7 Å². The zero-order valence-corrected chi connectivity index (χ0v) is 13.5. The Morgan fingerprint density at radius 3 is 2.88 bits per heavy atom. The molecule has 1 amide bonds. The van der Waals surface area contributed by atoms with Gasteiger partial charge in [-0.1, -0.05) is 19.1 Å². The molecule has 0 bridgehead atoms. The fourth-order valence-corrected chi connectivity index (χ4v) is 2.47. The van der Waals surface area contributed by atoms with Gasteiger partial charge in [0, 0.05) is 5.69 Å². The van der Waals surface area contributed by atoms with E-state index in [9.17, 15) is 9.18 Å². The maximum atomic E-state index is 14.3. The molecule has 1 heterocycles. The summed E-state index contributed by atoms with van der Waals surface area (Å²) in [7, 11) is 0. The lowest BCUT2D eigenvalue weighted by Gasteiger charge is -2.11. The van der Waals surface area contributed by atoms with Crippen LogP contribution in [0.1, 0.15) is 12.5 Å². The Hall–Kier alpha value is -2.73. The number of rotatable bonds is 4. The number of carbonyl (C=O) groups excluding carboxylic acids is 1. The number of halogens is 1. The molecule has 6 heteroatoms. The van der Waals surface area contributed by atoms with Crippen molar-refractivity contribution in [1.29, 1.82) is 0 Å². The first-order valence-electron chi connectivity index (χ1n) is 7.65. The number of aromatic nitrogens is 2. The second-order valence-corrected chi connectivity index (χ2v) is 5.86. The predicted octanol–water partition coefficient (Wildman–Crippen LogP) is 3.04. The van der Waals surface area contributed by atoms with Crippen molar-refractivity contribution in [3.8, 4) is 5.69 Å². The highest BCUT2D eigenvalue weighted by Gasteiger charge is 2.15. The van der Waals surface area contributed by atoms with Crippen LogP contribution in [0, 0.1) is 18.7 Å². The molecule has 5 nitrogen and oxygen atoms in total. The van der Waals surface area contributed by atoms with Crippen LogP contribution in [0.5, 0.6) is 0 Å². The highest BCUT2D eigenvalue weighted by molar-refractivity contribution is 5.95. The number of nitrogens with one attached hydrogen (secondary N) is 1. The van der Waals surface area contributed by atoms with Crippen molar-refractivity contribution < 1.29 is 14.3 Å². The fourth-order valence-electron chi connectivity index (χ4n) is 2.47. The Balaban J connectivity index is 2.06. The van der Waals surface area contributed by atoms with Crippen LogP contribution >= 0.6 is 0 Å². The van der Waals surface area contributed by atoms with Gasteiger partial charge in [0.25, 0.3) is 0 Å². The van der Waals surface area contributed by atoms with E-state index in [1.54, 1.807) is 17.7 Å². The highest BCUT2D eigenvalue weighted by atomic mass is 19.1. The molecule has 124 valence electrons. The third-order valence-corrected chi connectivity index (χ3v) is 3.87. The molecule has 0 unspecified atom stereocenters. The van der Waals surface area contributed by atoms with Crippen LogP contribution in [0.3, 0.4) is 0 Å². The van der Waals surface area contributed by atoms with Crippen LogP contribution in [0.4, 0.5) is 10.1 Å². The first-order chi connectivity index (χ1) is 11.5. The highest BCUT2D eigenvalue weighted by Crippen LogP contribution is 2.25. The Morgan fingerprint density at radius 2 is 2.17 bits per heavy atom. The molecule has 1 atom stereocenters. The average molecular weight is 327 g/mol. The van der Waals surface area contributed by atoms with E-state index in [4.69, 9.17) is 5.11 Å². The molecular formula is C18H18FN3O2. The van der Waals surface area contributed by atoms with Crippen molar-refractivity contribution in [3.63, 3.8) is 0 Å². The topological polar surface area (TPSA) is 67.2 Å². The number of amides is 1. The van der Waals surface area contributed by atoms with E-state index in [-0.39, 0.29) is 12.5 Å². The van der Waals surface area contributed by atoms with Gasteiger partial charge in [-0.3, -0.25) is 4.79 Å². The summed E-state index contributed by atoms with van der Waals surface area (Å²) in [4.78, 5) is 11.9. The van der Waals surface area contributed by atoms with Gasteiger partial charge in [0.1, 0.15) is 5.82 Å². The summed E-state index contributed by atoms with van der Waals surface area (Å²) in [6.45, 7) is 3.30. The van der Waals surface area contributed by atoms with Gasteiger partial charge in [-0.15, -0.1) is 0 Å². The molecule has 2 aromatic carbocycles. The average Bonchev–Trinajstić information content (AvgIpc) is 2.98. The third kappa shape index (κ3) is 3.00. The zero-order chi connectivity index (χ0) is 17.3. The van der Waals surface area contributed by atoms with Gasteiger partial charge in [-0.2, -0.15) is 5.10 Å². The largest absolute Gasteiger partial charge is 0.396 e. The zero-order valence-electron chi connectivity index (χ0n) is 13.5. The number of hydrogen-bond donors (Lipinski definition) is 2. The molecule has 0 aliphatic rings. The summed E-state index contributed by atoms with van der Waals surface area (Å²) in [5.74, 6) is -1.39. The van der Waals surface area contributed by atoms with Gasteiger partial charge < -0.3 is 10.4 Å². The summed E-state index contributed by atoms with van der Waals surface area (Å²) in [6, 6.07) is 10.6. The van der Waals surface area contributed by atoms with Gasteiger partial charge in [0.2, 0.25) is 5.91 Å². The summed E-state index contributed by atoms with van der Waals surface area (Å²) in [5.41, 5.74) is 2.78. The normalized spacial score (nSPS) is 12.3. The van der Waals surface area contributed by atoms with Crippen molar-refractivity contribution in [3.05, 3.63) is 54.0 Å². The van der Waals surface area contributed by atoms with E-state index in [0.29, 0.717) is 16.6 Å². The summed E-state index contributed by atoms with van der Waals surface area (Å²) < 4.78 is 16.0. The van der Waals surface area contributed by atoms with Crippen LogP contribution < -0.4 is 5.32 Å². The summed E-state index contributed by atoms with van der Waals surface area (Å²) in [6.07, 6.45) is 1.47. The van der Waals surface area contributed by atoms with Crippen LogP contribution in [0.15, 0.2) is 42.6 Å². The van der Waals surface area contributed by atoms with Crippen molar-refractivity contribution in [2.45, 2.75) is 13.8 Å². The molecule has 1 aromatic heterocycles. The van der Waals surface area contributed by atoms with E-state index in [0.717, 1.165) is 11.3 Å². The van der Waals surface area contributed by atoms with Gasteiger partial charge in [-0.05, 0) is 36.8 Å². The van der Waals surface area contributed by atoms with Gasteiger partial charge in [0.15, 0.2) is 0 Å². The summed E-state index contributed by atoms with van der Waals surface area (Å²) in [5, 5.41) is 16.3. The minimum absolute atomic E-state index is 0.266. The molecular weight excluding hydrogens is 309 g/mol. The molecule has 0 fully saturated rings. The third-order valence-electron chi connectivity index (χ3n) is 3.87. The Kier molecular flexibility index (Phi) is 4.31. The Labute approximate surface area is 138 Å². The number of aryl methyl sites for hydroxylation is 1. The number of carbonyl (C=O) groups is 1. The van der Waals surface area contributed by atoms with Crippen molar-refractivity contribution >= 4 is 22.5 Å². The maximum absolute atomic E-state index is 14.3. The number of aliphatic hydroxyl groups excluding tert-OH is 1. The smallest absolute Gasteiger partial charge is 0.229 e. The number of hydrogen-bond acceptors (Lipinski definition) is 3. The van der Waals surface area contributed by atoms with Crippen LogP contribution in [0.2, 0.25) is 0 Å². The number of aliphatic hydroxyl groups is 1. The first-order valence-corrected chi connectivity index (χ1v) is 7.65. The molecule has 0 radical (unpaired) electrons. The minimum Gasteiger partial charge on any atom is -0.396 e. The Bertz CT molecular complexity index is 904. The number of nitrogens with zero attached hydrogens (tertiary/aromatic N) is 2. The second-order valence-electron chi connectivity index (χ2n) is 5.86. The first kappa shape index (κ1) is 16.1. The second kappa shape index (κ2) is 6.41. The molecule has 24 heavy (non-hydrogen) atoms. The lowest BCUT2D eigenvalue weighted by atomic mass is 10.1. The molecule has 3 aromatic rings. The van der Waals surface area contributed by atoms with Gasteiger partial charge in [0.05, 0.1) is 35.3 Å². The van der Waals surface area contributed by atoms with Crippen LogP contribution in [0.25, 0.3) is 16.6 Å². The quantitative estimate of drug-likeness (QED) is 0.774. The molecule has 0 saturated heterocycles. The van der Waals surface area contributed by atoms with Crippen molar-refractivity contribution in [2.24, 2.45) is 5.92 Å². The van der Waals surface area contributed by atoms with Gasteiger partial charge in [-0.25, -0.2) is 9.07 Å². The molecule has 2 N–H and O–H groups in total. The molecule has 0 spiro atoms. The maximum Gasteiger partial charge on any atom is 0.229 e. The monoisotopic (exact) mass is 327 g/mol. The van der Waals surface area contributed by atoms with E-state index in [1.807, 2.05) is 31.2 Å². The predicted molar refractivity (Wildman–Crippen MR) is 90.6 cm³/mol. The van der Waals surface area contributed by atoms with Crippen molar-refractivity contribution in [1.82, 2.24) is 9.78 Å². The molecule has 0 aliphatic heterocycles. The molecule has 0 saturated carbocycles. The molecule has 3 rings (SSSR count). The lowest BCUT2D eigenvalue weighted by molar-refractivity contribution is -0.120. The number of benzene rings is 2. The van der Waals surface area contributed by atoms with Gasteiger partial charge >= 0.3 is 0 Å². The van der Waals surface area contributed by atoms with Crippen molar-refractivity contribution in [2.75, 3.05) is 11.9 Å². The van der Waals surface area contributed by atoms with Crippen LogP contribution in [-0.4, -0.2) is 27.4 Å². The minimum atomic E-state index is -0.564.